The van der Waals surface area contributed by atoms with Crippen LogP contribution in [0.3, 0.4) is 0 Å². The van der Waals surface area contributed by atoms with Crippen LogP contribution in [0.1, 0.15) is 31.9 Å². The molecule has 0 aliphatic carbocycles. The summed E-state index contributed by atoms with van der Waals surface area (Å²) >= 11 is 5.95. The smallest absolute Gasteiger partial charge is 0.242 e. The number of nitrogens with zero attached hydrogens (tertiary/aromatic N) is 1. The van der Waals surface area contributed by atoms with E-state index in [1.807, 2.05) is 50.2 Å². The molecule has 0 aliphatic rings. The number of hydrogen-bond donors (Lipinski definition) is 1. The molecule has 0 aliphatic heterocycles. The summed E-state index contributed by atoms with van der Waals surface area (Å²) in [6.07, 6.45) is 0.706. The van der Waals surface area contributed by atoms with Gasteiger partial charge >= 0.3 is 0 Å². The monoisotopic (exact) mass is 416 g/mol. The van der Waals surface area contributed by atoms with Crippen molar-refractivity contribution in [3.63, 3.8) is 0 Å². The van der Waals surface area contributed by atoms with Crippen molar-refractivity contribution in [2.24, 2.45) is 5.92 Å². The number of nitrogens with one attached hydrogen (secondary N) is 1. The quantitative estimate of drug-likeness (QED) is 0.670. The van der Waals surface area contributed by atoms with Crippen LogP contribution < -0.4 is 10.1 Å². The van der Waals surface area contributed by atoms with Crippen molar-refractivity contribution in [1.82, 2.24) is 10.2 Å². The highest BCUT2D eigenvalue weighted by atomic mass is 35.5. The fourth-order valence-electron chi connectivity index (χ4n) is 2.94. The first-order valence-corrected chi connectivity index (χ1v) is 10.1. The number of methoxy groups -OCH3 is 1. The van der Waals surface area contributed by atoms with E-state index in [4.69, 9.17) is 16.3 Å². The molecule has 1 atom stereocenters. The Kier molecular flexibility index (Phi) is 8.52. The molecule has 156 valence electrons. The van der Waals surface area contributed by atoms with E-state index in [1.165, 1.54) is 0 Å². The zero-order valence-corrected chi connectivity index (χ0v) is 18.2. The maximum atomic E-state index is 12.7. The molecule has 2 amide bonds. The maximum Gasteiger partial charge on any atom is 0.242 e. The molecule has 2 rings (SSSR count). The molecule has 0 saturated heterocycles. The van der Waals surface area contributed by atoms with Gasteiger partial charge in [0.2, 0.25) is 11.8 Å². The van der Waals surface area contributed by atoms with Crippen LogP contribution in [-0.2, 0) is 22.6 Å². The lowest BCUT2D eigenvalue weighted by molar-refractivity contribution is -0.143. The third kappa shape index (κ3) is 6.79. The highest BCUT2D eigenvalue weighted by Gasteiger charge is 2.27. The summed E-state index contributed by atoms with van der Waals surface area (Å²) in [5.74, 6) is 0.382. The number of carbonyl (C=O) groups is 2. The molecule has 6 heteroatoms. The van der Waals surface area contributed by atoms with Crippen LogP contribution in [0.4, 0.5) is 0 Å². The molecule has 0 heterocycles. The average molecular weight is 417 g/mol. The summed E-state index contributed by atoms with van der Waals surface area (Å²) in [5.41, 5.74) is 2.04. The molecule has 0 radical (unpaired) electrons. The highest BCUT2D eigenvalue weighted by Crippen LogP contribution is 2.16. The summed E-state index contributed by atoms with van der Waals surface area (Å²) in [7, 11) is 1.63. The van der Waals surface area contributed by atoms with Gasteiger partial charge in [-0.25, -0.2) is 0 Å². The van der Waals surface area contributed by atoms with Crippen LogP contribution in [0.5, 0.6) is 5.75 Å². The standard InChI is InChI=1S/C23H29ClN2O3/c1-16(2)23(28)26(15-19-5-9-20(24)10-6-19)17(3)22(27)25-14-13-18-7-11-21(29-4)12-8-18/h5-12,16-17H,13-15H2,1-4H3,(H,25,27)/t17-/m1/s1. The first-order chi connectivity index (χ1) is 13.8. The fourth-order valence-corrected chi connectivity index (χ4v) is 3.06. The second-order valence-corrected chi connectivity index (χ2v) is 7.75. The molecular weight excluding hydrogens is 388 g/mol. The van der Waals surface area contributed by atoms with Gasteiger partial charge in [0, 0.05) is 24.0 Å². The zero-order valence-electron chi connectivity index (χ0n) is 17.4. The van der Waals surface area contributed by atoms with Crippen molar-refractivity contribution in [3.05, 3.63) is 64.7 Å². The first-order valence-electron chi connectivity index (χ1n) is 9.77. The summed E-state index contributed by atoms with van der Waals surface area (Å²) < 4.78 is 5.15. The maximum absolute atomic E-state index is 12.7. The Morgan fingerprint density at radius 2 is 1.59 bits per heavy atom. The van der Waals surface area contributed by atoms with E-state index < -0.39 is 6.04 Å². The van der Waals surface area contributed by atoms with Gasteiger partial charge in [0.25, 0.3) is 0 Å². The number of amides is 2. The van der Waals surface area contributed by atoms with Crippen LogP contribution in [0.25, 0.3) is 0 Å². The Morgan fingerprint density at radius 3 is 2.14 bits per heavy atom. The second kappa shape index (κ2) is 10.9. The number of carbonyl (C=O) groups excluding carboxylic acids is 2. The molecule has 0 bridgehead atoms. The second-order valence-electron chi connectivity index (χ2n) is 7.31. The van der Waals surface area contributed by atoms with Gasteiger partial charge in [-0.3, -0.25) is 9.59 Å². The van der Waals surface area contributed by atoms with E-state index in [0.29, 0.717) is 24.5 Å². The van der Waals surface area contributed by atoms with Gasteiger partial charge in [-0.15, -0.1) is 0 Å². The molecule has 1 N–H and O–H groups in total. The Balaban J connectivity index is 1.98. The fraction of sp³-hybridized carbons (Fsp3) is 0.391. The number of rotatable bonds is 9. The van der Waals surface area contributed by atoms with Gasteiger partial charge in [-0.1, -0.05) is 49.7 Å². The molecule has 0 aromatic heterocycles. The molecule has 5 nitrogen and oxygen atoms in total. The number of halogens is 1. The van der Waals surface area contributed by atoms with Gasteiger partial charge in [0.1, 0.15) is 11.8 Å². The summed E-state index contributed by atoms with van der Waals surface area (Å²) in [6.45, 7) is 6.30. The van der Waals surface area contributed by atoms with E-state index in [0.717, 1.165) is 16.9 Å². The topological polar surface area (TPSA) is 58.6 Å². The molecule has 29 heavy (non-hydrogen) atoms. The third-order valence-electron chi connectivity index (χ3n) is 4.76. The predicted octanol–water partition coefficient (Wildman–Crippen LogP) is 4.08. The predicted molar refractivity (Wildman–Crippen MR) is 116 cm³/mol. The molecule has 0 unspecified atom stereocenters. The van der Waals surface area contributed by atoms with Gasteiger partial charge in [-0.05, 0) is 48.7 Å². The lowest BCUT2D eigenvalue weighted by Gasteiger charge is -2.30. The van der Waals surface area contributed by atoms with Gasteiger partial charge in [-0.2, -0.15) is 0 Å². The van der Waals surface area contributed by atoms with Crippen molar-refractivity contribution in [2.75, 3.05) is 13.7 Å². The molecular formula is C23H29ClN2O3. The zero-order chi connectivity index (χ0) is 21.4. The van der Waals surface area contributed by atoms with Gasteiger partial charge in [0.15, 0.2) is 0 Å². The first kappa shape index (κ1) is 22.8. The lowest BCUT2D eigenvalue weighted by atomic mass is 10.1. The van der Waals surface area contributed by atoms with Crippen LogP contribution in [0, 0.1) is 5.92 Å². The van der Waals surface area contributed by atoms with E-state index in [1.54, 1.807) is 31.1 Å². The van der Waals surface area contributed by atoms with Crippen LogP contribution in [0.2, 0.25) is 5.02 Å². The van der Waals surface area contributed by atoms with Crippen molar-refractivity contribution in [1.29, 1.82) is 0 Å². The average Bonchev–Trinajstić information content (AvgIpc) is 2.72. The van der Waals surface area contributed by atoms with E-state index in [-0.39, 0.29) is 17.7 Å². The third-order valence-corrected chi connectivity index (χ3v) is 5.01. The minimum absolute atomic E-state index is 0.0576. The van der Waals surface area contributed by atoms with E-state index >= 15 is 0 Å². The minimum Gasteiger partial charge on any atom is -0.497 e. The van der Waals surface area contributed by atoms with Crippen LogP contribution in [0.15, 0.2) is 48.5 Å². The highest BCUT2D eigenvalue weighted by molar-refractivity contribution is 6.30. The lowest BCUT2D eigenvalue weighted by Crippen LogP contribution is -2.49. The molecule has 0 fully saturated rings. The Labute approximate surface area is 178 Å². The van der Waals surface area contributed by atoms with Gasteiger partial charge in [0.05, 0.1) is 7.11 Å². The van der Waals surface area contributed by atoms with E-state index in [9.17, 15) is 9.59 Å². The van der Waals surface area contributed by atoms with Crippen molar-refractivity contribution >= 4 is 23.4 Å². The van der Waals surface area contributed by atoms with Crippen molar-refractivity contribution in [2.45, 2.75) is 39.8 Å². The number of benzene rings is 2. The Hall–Kier alpha value is -2.53. The SMILES string of the molecule is COc1ccc(CCNC(=O)[C@@H](C)N(Cc2ccc(Cl)cc2)C(=O)C(C)C)cc1. The molecule has 2 aromatic carbocycles. The Morgan fingerprint density at radius 1 is 1.00 bits per heavy atom. The number of ether oxygens (including phenoxy) is 1. The van der Waals surface area contributed by atoms with Crippen molar-refractivity contribution in [3.8, 4) is 5.75 Å². The molecule has 0 saturated carbocycles. The van der Waals surface area contributed by atoms with E-state index in [2.05, 4.69) is 5.32 Å². The minimum atomic E-state index is -0.573. The summed E-state index contributed by atoms with van der Waals surface area (Å²) in [5, 5.41) is 3.58. The van der Waals surface area contributed by atoms with Crippen LogP contribution >= 0.6 is 11.6 Å². The Bertz CT molecular complexity index is 804. The van der Waals surface area contributed by atoms with Crippen molar-refractivity contribution < 1.29 is 14.3 Å². The molecule has 0 spiro atoms. The number of hydrogen-bond acceptors (Lipinski definition) is 3. The van der Waals surface area contributed by atoms with Gasteiger partial charge < -0.3 is 15.0 Å². The largest absolute Gasteiger partial charge is 0.497 e. The van der Waals surface area contributed by atoms with Crippen LogP contribution in [-0.4, -0.2) is 36.4 Å². The summed E-state index contributed by atoms with van der Waals surface area (Å²) in [6, 6.07) is 14.5. The molecule has 2 aromatic rings. The normalized spacial score (nSPS) is 11.8. The summed E-state index contributed by atoms with van der Waals surface area (Å²) in [4.78, 5) is 27.0.